The molecule has 26 heavy (non-hydrogen) atoms. The molecule has 1 aromatic heterocycles. The maximum atomic E-state index is 6.70. The zero-order chi connectivity index (χ0) is 17.5. The van der Waals surface area contributed by atoms with E-state index >= 15 is 0 Å². The van der Waals surface area contributed by atoms with E-state index in [2.05, 4.69) is 36.4 Å². The molecule has 0 amide bonds. The quantitative estimate of drug-likeness (QED) is 0.318. The molecule has 0 N–H and O–H groups in total. The topological polar surface area (TPSA) is 13.1 Å². The van der Waals surface area contributed by atoms with Crippen molar-refractivity contribution in [2.24, 2.45) is 0 Å². The molecule has 0 aliphatic carbocycles. The summed E-state index contributed by atoms with van der Waals surface area (Å²) >= 11 is 6.70. The summed E-state index contributed by atoms with van der Waals surface area (Å²) in [4.78, 5) is 0. The Hall–Kier alpha value is -3.03. The average molecular weight is 355 g/mol. The molecule has 0 aliphatic heterocycles. The number of hydrogen-bond donors (Lipinski definition) is 0. The van der Waals surface area contributed by atoms with E-state index in [1.54, 1.807) is 0 Å². The van der Waals surface area contributed by atoms with Crippen LogP contribution in [-0.4, -0.2) is 0 Å². The van der Waals surface area contributed by atoms with Gasteiger partial charge in [-0.05, 0) is 34.9 Å². The van der Waals surface area contributed by atoms with Crippen LogP contribution in [0.5, 0.6) is 0 Å². The van der Waals surface area contributed by atoms with Gasteiger partial charge in [0.25, 0.3) is 0 Å². The Labute approximate surface area is 156 Å². The van der Waals surface area contributed by atoms with E-state index in [1.165, 1.54) is 0 Å². The van der Waals surface area contributed by atoms with Crippen LogP contribution >= 0.6 is 11.6 Å². The van der Waals surface area contributed by atoms with E-state index in [9.17, 15) is 0 Å². The predicted octanol–water partition coefficient (Wildman–Crippen LogP) is 7.57. The molecule has 0 fully saturated rings. The van der Waals surface area contributed by atoms with E-state index in [-0.39, 0.29) is 0 Å². The molecule has 0 saturated carbocycles. The van der Waals surface area contributed by atoms with Gasteiger partial charge in [0, 0.05) is 21.4 Å². The van der Waals surface area contributed by atoms with E-state index in [4.69, 9.17) is 16.0 Å². The van der Waals surface area contributed by atoms with Crippen LogP contribution < -0.4 is 0 Å². The van der Waals surface area contributed by atoms with Gasteiger partial charge in [0.1, 0.15) is 11.2 Å². The second kappa shape index (κ2) is 6.05. The third kappa shape index (κ3) is 2.40. The molecular formula is C24H15ClO. The highest BCUT2D eigenvalue weighted by molar-refractivity contribution is 6.34. The van der Waals surface area contributed by atoms with Crippen LogP contribution in [0.15, 0.2) is 95.4 Å². The molecule has 0 radical (unpaired) electrons. The molecule has 1 heterocycles. The Balaban J connectivity index is 1.73. The van der Waals surface area contributed by atoms with Crippen molar-refractivity contribution in [1.29, 1.82) is 0 Å². The minimum atomic E-state index is 0.740. The molecule has 0 atom stereocenters. The maximum Gasteiger partial charge on any atom is 0.136 e. The second-order valence-electron chi connectivity index (χ2n) is 6.34. The Morgan fingerprint density at radius 2 is 1.35 bits per heavy atom. The fraction of sp³-hybridized carbons (Fsp3) is 0. The standard InChI is InChI=1S/C24H15ClO/c25-21-15-17(16-7-2-1-3-8-16)13-14-18(21)19-10-6-12-23-24(19)20-9-4-5-11-22(20)26-23/h1-15H. The van der Waals surface area contributed by atoms with Gasteiger partial charge in [-0.3, -0.25) is 0 Å². The molecule has 5 aromatic rings. The highest BCUT2D eigenvalue weighted by Gasteiger charge is 2.14. The predicted molar refractivity (Wildman–Crippen MR) is 110 cm³/mol. The molecule has 5 rings (SSSR count). The molecule has 0 unspecified atom stereocenters. The molecule has 0 aliphatic rings. The van der Waals surface area contributed by atoms with Gasteiger partial charge in [0.2, 0.25) is 0 Å². The van der Waals surface area contributed by atoms with E-state index in [1.807, 2.05) is 54.6 Å². The zero-order valence-corrected chi connectivity index (χ0v) is 14.7. The van der Waals surface area contributed by atoms with Crippen LogP contribution in [0.4, 0.5) is 0 Å². The third-order valence-corrected chi connectivity index (χ3v) is 5.08. The van der Waals surface area contributed by atoms with Crippen molar-refractivity contribution in [2.75, 3.05) is 0 Å². The summed E-state index contributed by atoms with van der Waals surface area (Å²) in [6.07, 6.45) is 0. The third-order valence-electron chi connectivity index (χ3n) is 4.77. The van der Waals surface area contributed by atoms with Crippen molar-refractivity contribution in [1.82, 2.24) is 0 Å². The number of rotatable bonds is 2. The first-order chi connectivity index (χ1) is 12.8. The summed E-state index contributed by atoms with van der Waals surface area (Å²) in [5.41, 5.74) is 6.16. The van der Waals surface area contributed by atoms with E-state index in [0.717, 1.165) is 49.2 Å². The van der Waals surface area contributed by atoms with Gasteiger partial charge in [-0.1, -0.05) is 84.4 Å². The van der Waals surface area contributed by atoms with Gasteiger partial charge >= 0.3 is 0 Å². The molecule has 0 saturated heterocycles. The lowest BCUT2D eigenvalue weighted by Gasteiger charge is -2.09. The summed E-state index contributed by atoms with van der Waals surface area (Å²) in [7, 11) is 0. The fourth-order valence-corrected chi connectivity index (χ4v) is 3.83. The first-order valence-electron chi connectivity index (χ1n) is 8.57. The number of furan rings is 1. The molecule has 2 heteroatoms. The van der Waals surface area contributed by atoms with Crippen molar-refractivity contribution >= 4 is 33.5 Å². The fourth-order valence-electron chi connectivity index (χ4n) is 3.54. The first kappa shape index (κ1) is 15.2. The summed E-state index contributed by atoms with van der Waals surface area (Å²) in [5, 5.41) is 2.96. The molecule has 4 aromatic carbocycles. The average Bonchev–Trinajstić information content (AvgIpc) is 3.07. The Morgan fingerprint density at radius 3 is 2.19 bits per heavy atom. The SMILES string of the molecule is Clc1cc(-c2ccccc2)ccc1-c1cccc2oc3ccccc3c12. The summed E-state index contributed by atoms with van der Waals surface area (Å²) in [6, 6.07) is 30.8. The monoisotopic (exact) mass is 354 g/mol. The van der Waals surface area contributed by atoms with Crippen LogP contribution in [0, 0.1) is 0 Å². The van der Waals surface area contributed by atoms with E-state index in [0.29, 0.717) is 0 Å². The van der Waals surface area contributed by atoms with Gasteiger partial charge in [-0.15, -0.1) is 0 Å². The van der Waals surface area contributed by atoms with Gasteiger partial charge < -0.3 is 4.42 Å². The first-order valence-corrected chi connectivity index (χ1v) is 8.95. The second-order valence-corrected chi connectivity index (χ2v) is 6.74. The van der Waals surface area contributed by atoms with Gasteiger partial charge in [0.15, 0.2) is 0 Å². The molecule has 0 bridgehead atoms. The van der Waals surface area contributed by atoms with Gasteiger partial charge in [0.05, 0.1) is 0 Å². The number of fused-ring (bicyclic) bond motifs is 3. The van der Waals surface area contributed by atoms with Gasteiger partial charge in [-0.25, -0.2) is 0 Å². The van der Waals surface area contributed by atoms with Gasteiger partial charge in [-0.2, -0.15) is 0 Å². The van der Waals surface area contributed by atoms with Crippen molar-refractivity contribution in [3.05, 3.63) is 96.0 Å². The number of halogens is 1. The molecule has 0 spiro atoms. The van der Waals surface area contributed by atoms with Crippen molar-refractivity contribution in [3.8, 4) is 22.3 Å². The maximum absolute atomic E-state index is 6.70. The highest BCUT2D eigenvalue weighted by atomic mass is 35.5. The lowest BCUT2D eigenvalue weighted by Crippen LogP contribution is -1.84. The van der Waals surface area contributed by atoms with E-state index < -0.39 is 0 Å². The minimum Gasteiger partial charge on any atom is -0.456 e. The molecular weight excluding hydrogens is 340 g/mol. The number of benzene rings is 4. The van der Waals surface area contributed by atoms with Crippen LogP contribution in [-0.2, 0) is 0 Å². The number of para-hydroxylation sites is 1. The number of hydrogen-bond acceptors (Lipinski definition) is 1. The summed E-state index contributed by atoms with van der Waals surface area (Å²) < 4.78 is 6.00. The van der Waals surface area contributed by atoms with Crippen LogP contribution in [0.1, 0.15) is 0 Å². The van der Waals surface area contributed by atoms with Crippen LogP contribution in [0.25, 0.3) is 44.2 Å². The smallest absolute Gasteiger partial charge is 0.136 e. The lowest BCUT2D eigenvalue weighted by atomic mass is 9.97. The minimum absolute atomic E-state index is 0.740. The summed E-state index contributed by atoms with van der Waals surface area (Å²) in [6.45, 7) is 0. The van der Waals surface area contributed by atoms with Crippen molar-refractivity contribution < 1.29 is 4.42 Å². The van der Waals surface area contributed by atoms with Crippen LogP contribution in [0.3, 0.4) is 0 Å². The van der Waals surface area contributed by atoms with Crippen molar-refractivity contribution in [3.63, 3.8) is 0 Å². The van der Waals surface area contributed by atoms with Crippen LogP contribution in [0.2, 0.25) is 5.02 Å². The lowest BCUT2D eigenvalue weighted by molar-refractivity contribution is 0.669. The Morgan fingerprint density at radius 1 is 0.577 bits per heavy atom. The summed E-state index contributed by atoms with van der Waals surface area (Å²) in [5.74, 6) is 0. The molecule has 124 valence electrons. The highest BCUT2D eigenvalue weighted by Crippen LogP contribution is 2.40. The van der Waals surface area contributed by atoms with Crippen molar-refractivity contribution in [2.45, 2.75) is 0 Å². The zero-order valence-electron chi connectivity index (χ0n) is 13.9. The normalized spacial score (nSPS) is 11.3. The Bertz CT molecular complexity index is 1240. The largest absolute Gasteiger partial charge is 0.456 e. The molecule has 1 nitrogen and oxygen atoms in total. The Kier molecular flexibility index (Phi) is 3.55.